The van der Waals surface area contributed by atoms with Crippen LogP contribution in [0.25, 0.3) is 11.0 Å². The molecule has 7 rings (SSSR count). The summed E-state index contributed by atoms with van der Waals surface area (Å²) in [5, 5.41) is 0.542. The van der Waals surface area contributed by atoms with E-state index in [1.54, 1.807) is 52.8 Å². The zero-order valence-corrected chi connectivity index (χ0v) is 27.7. The van der Waals surface area contributed by atoms with Crippen LogP contribution >= 0.6 is 0 Å². The molecule has 4 bridgehead atoms. The average Bonchev–Trinajstić information content (AvgIpc) is 3.43. The quantitative estimate of drug-likeness (QED) is 0.254. The standard InChI is InChI=1S/C35H40O11/c1-17-16-18-10-11-19-20(21(18)41-24(17)36)22(42-27(39)34-14-12-32(8,25(37)45-34)30(34,4)5)23(29(2,3)44-19)43-28(40)35-15-13-33(9,26(38)46-35)31(35,6)7/h10-11,16,22-23H,12-15H2,1-9H3/t22-,23-,32-,33-,34+,35+/m1/s1. The SMILES string of the molecule is Cc1cc2ccc3c(c2oc1=O)[C@@H](OC(=O)[C@]12CC[C@](C)(C(=O)O1)C2(C)C)[C@@H](OC(=O)[C@]12CC[C@](C)(C(=O)O1)C2(C)C)C(C)(C)O3. The maximum atomic E-state index is 14.4. The summed E-state index contributed by atoms with van der Waals surface area (Å²) < 4.78 is 36.5. The number of ether oxygens (including phenoxy) is 5. The van der Waals surface area contributed by atoms with Gasteiger partial charge in [-0.25, -0.2) is 14.4 Å². The first kappa shape index (κ1) is 30.7. The van der Waals surface area contributed by atoms with Crippen molar-refractivity contribution in [3.63, 3.8) is 0 Å². The Bertz CT molecular complexity index is 1830. The lowest BCUT2D eigenvalue weighted by Crippen LogP contribution is -2.57. The number of hydrogen-bond donors (Lipinski definition) is 0. The van der Waals surface area contributed by atoms with E-state index in [2.05, 4.69) is 0 Å². The fraction of sp³-hybridized carbons (Fsp3) is 0.629. The third-order valence-corrected chi connectivity index (χ3v) is 13.0. The van der Waals surface area contributed by atoms with Crippen molar-refractivity contribution in [1.82, 2.24) is 0 Å². The van der Waals surface area contributed by atoms with E-state index in [9.17, 15) is 24.0 Å². The van der Waals surface area contributed by atoms with Gasteiger partial charge in [-0.3, -0.25) is 9.59 Å². The van der Waals surface area contributed by atoms with Gasteiger partial charge in [-0.15, -0.1) is 0 Å². The van der Waals surface area contributed by atoms with Gasteiger partial charge in [0, 0.05) is 21.8 Å². The van der Waals surface area contributed by atoms with Crippen molar-refractivity contribution in [2.75, 3.05) is 0 Å². The Balaban J connectivity index is 1.37. The zero-order valence-electron chi connectivity index (χ0n) is 27.7. The Morgan fingerprint density at radius 3 is 1.74 bits per heavy atom. The molecule has 0 radical (unpaired) electrons. The molecule has 3 aliphatic heterocycles. The second-order valence-corrected chi connectivity index (χ2v) is 15.8. The van der Waals surface area contributed by atoms with E-state index in [0.29, 0.717) is 23.8 Å². The molecule has 11 nitrogen and oxygen atoms in total. The summed E-state index contributed by atoms with van der Waals surface area (Å²) in [6.45, 7) is 15.9. The number of fused-ring (bicyclic) bond motifs is 7. The first-order valence-electron chi connectivity index (χ1n) is 15.8. The van der Waals surface area contributed by atoms with Gasteiger partial charge in [0.15, 0.2) is 12.2 Å². The van der Waals surface area contributed by atoms with Crippen LogP contribution in [0.2, 0.25) is 0 Å². The van der Waals surface area contributed by atoms with Gasteiger partial charge in [0.1, 0.15) is 16.9 Å². The van der Waals surface area contributed by atoms with Crippen molar-refractivity contribution in [2.24, 2.45) is 21.7 Å². The van der Waals surface area contributed by atoms with Crippen LogP contribution in [-0.2, 0) is 38.1 Å². The summed E-state index contributed by atoms with van der Waals surface area (Å²) in [5.74, 6) is -2.25. The summed E-state index contributed by atoms with van der Waals surface area (Å²) in [6, 6.07) is 5.07. The zero-order chi connectivity index (χ0) is 33.6. The van der Waals surface area contributed by atoms with Gasteiger partial charge in [-0.1, -0.05) is 27.7 Å². The molecule has 1 aromatic heterocycles. The van der Waals surface area contributed by atoms with E-state index in [1.165, 1.54) is 0 Å². The number of carbonyl (C=O) groups is 4. The highest BCUT2D eigenvalue weighted by atomic mass is 16.7. The van der Waals surface area contributed by atoms with Crippen molar-refractivity contribution >= 4 is 34.8 Å². The molecule has 246 valence electrons. The van der Waals surface area contributed by atoms with Crippen LogP contribution in [0.15, 0.2) is 27.4 Å². The highest BCUT2D eigenvalue weighted by molar-refractivity contribution is 5.95. The second-order valence-electron chi connectivity index (χ2n) is 15.8. The van der Waals surface area contributed by atoms with Crippen LogP contribution < -0.4 is 10.4 Å². The molecule has 2 aromatic rings. The normalized spacial score (nSPS) is 37.3. The number of carbonyl (C=O) groups excluding carboxylic acids is 4. The van der Waals surface area contributed by atoms with Gasteiger partial charge >= 0.3 is 29.5 Å². The molecule has 46 heavy (non-hydrogen) atoms. The van der Waals surface area contributed by atoms with Crippen LogP contribution in [0.5, 0.6) is 5.75 Å². The minimum atomic E-state index is -1.59. The van der Waals surface area contributed by atoms with Crippen molar-refractivity contribution < 1.29 is 47.3 Å². The number of esters is 4. The molecule has 4 heterocycles. The molecule has 0 spiro atoms. The Hall–Kier alpha value is -3.89. The Morgan fingerprint density at radius 2 is 1.26 bits per heavy atom. The molecule has 2 saturated heterocycles. The Kier molecular flexibility index (Phi) is 5.83. The van der Waals surface area contributed by atoms with Crippen LogP contribution in [0.1, 0.15) is 98.3 Å². The minimum absolute atomic E-state index is 0.109. The van der Waals surface area contributed by atoms with E-state index in [0.717, 1.165) is 0 Å². The monoisotopic (exact) mass is 636 g/mol. The van der Waals surface area contributed by atoms with Gasteiger partial charge in [-0.2, -0.15) is 0 Å². The largest absolute Gasteiger partial charge is 0.483 e. The predicted molar refractivity (Wildman–Crippen MR) is 161 cm³/mol. The summed E-state index contributed by atoms with van der Waals surface area (Å²) in [7, 11) is 0. The van der Waals surface area contributed by atoms with Gasteiger partial charge < -0.3 is 28.1 Å². The van der Waals surface area contributed by atoms with Gasteiger partial charge in [0.05, 0.1) is 16.4 Å². The first-order valence-corrected chi connectivity index (χ1v) is 15.8. The number of aryl methyl sites for hydroxylation is 1. The predicted octanol–water partition coefficient (Wildman–Crippen LogP) is 5.01. The Morgan fingerprint density at radius 1 is 0.739 bits per heavy atom. The number of hydrogen-bond acceptors (Lipinski definition) is 11. The number of rotatable bonds is 4. The fourth-order valence-corrected chi connectivity index (χ4v) is 8.66. The van der Waals surface area contributed by atoms with Gasteiger partial charge in [0.25, 0.3) is 0 Å². The molecule has 11 heteroatoms. The maximum Gasteiger partial charge on any atom is 0.351 e. The molecular formula is C35H40O11. The lowest BCUT2D eigenvalue weighted by Gasteiger charge is -2.45. The molecule has 2 aliphatic carbocycles. The molecular weight excluding hydrogens is 596 g/mol. The van der Waals surface area contributed by atoms with Crippen molar-refractivity contribution in [3.8, 4) is 5.75 Å². The molecule has 5 aliphatic rings. The topological polar surface area (TPSA) is 145 Å². The van der Waals surface area contributed by atoms with Crippen molar-refractivity contribution in [2.45, 2.75) is 117 Å². The molecule has 4 fully saturated rings. The molecule has 1 aromatic carbocycles. The fourth-order valence-electron chi connectivity index (χ4n) is 8.66. The average molecular weight is 637 g/mol. The number of benzene rings is 1. The summed E-state index contributed by atoms with van der Waals surface area (Å²) in [4.78, 5) is 67.6. The second kappa shape index (κ2) is 8.72. The first-order chi connectivity index (χ1) is 21.2. The third-order valence-electron chi connectivity index (χ3n) is 13.0. The molecule has 0 amide bonds. The smallest absolute Gasteiger partial charge is 0.351 e. The van der Waals surface area contributed by atoms with E-state index in [1.807, 2.05) is 27.7 Å². The van der Waals surface area contributed by atoms with E-state index in [-0.39, 0.29) is 29.7 Å². The molecule has 6 atom stereocenters. The van der Waals surface area contributed by atoms with Crippen LogP contribution in [0.3, 0.4) is 0 Å². The maximum absolute atomic E-state index is 14.4. The highest BCUT2D eigenvalue weighted by Crippen LogP contribution is 2.67. The minimum Gasteiger partial charge on any atom is -0.483 e. The highest BCUT2D eigenvalue weighted by Gasteiger charge is 2.78. The van der Waals surface area contributed by atoms with Crippen LogP contribution in [0, 0.1) is 28.6 Å². The Labute approximate surface area is 266 Å². The summed E-state index contributed by atoms with van der Waals surface area (Å²) in [6.07, 6.45) is -1.27. The van der Waals surface area contributed by atoms with Crippen molar-refractivity contribution in [3.05, 3.63) is 39.7 Å². The van der Waals surface area contributed by atoms with Gasteiger partial charge in [-0.05, 0) is 78.5 Å². The molecule has 0 unspecified atom stereocenters. The lowest BCUT2D eigenvalue weighted by molar-refractivity contribution is -0.217. The summed E-state index contributed by atoms with van der Waals surface area (Å²) in [5.41, 5.74) is -7.95. The summed E-state index contributed by atoms with van der Waals surface area (Å²) >= 11 is 0. The van der Waals surface area contributed by atoms with E-state index < -0.39 is 80.2 Å². The lowest BCUT2D eigenvalue weighted by atomic mass is 9.66. The third kappa shape index (κ3) is 3.31. The molecule has 2 saturated carbocycles. The molecule has 0 N–H and O–H groups in total. The van der Waals surface area contributed by atoms with E-state index >= 15 is 0 Å². The van der Waals surface area contributed by atoms with Crippen LogP contribution in [-0.4, -0.2) is 46.8 Å². The van der Waals surface area contributed by atoms with E-state index in [4.69, 9.17) is 28.1 Å². The van der Waals surface area contributed by atoms with Crippen LogP contribution in [0.4, 0.5) is 0 Å². The van der Waals surface area contributed by atoms with Crippen molar-refractivity contribution in [1.29, 1.82) is 0 Å². The van der Waals surface area contributed by atoms with Gasteiger partial charge in [0.2, 0.25) is 11.2 Å².